The Morgan fingerprint density at radius 2 is 1.06 bits per heavy atom. The van der Waals surface area contributed by atoms with Crippen molar-refractivity contribution in [2.45, 2.75) is 27.2 Å². The van der Waals surface area contributed by atoms with Gasteiger partial charge in [0.05, 0.1) is 0 Å². The molecule has 0 amide bonds. The second-order valence-electron chi connectivity index (χ2n) is 1.29. The second kappa shape index (κ2) is 44.7. The monoisotopic (exact) mass is 343 g/mol. The van der Waals surface area contributed by atoms with Gasteiger partial charge in [0.2, 0.25) is 0 Å². The van der Waals surface area contributed by atoms with Gasteiger partial charge in [-0.2, -0.15) is 6.92 Å². The van der Waals surface area contributed by atoms with Crippen LogP contribution in [-0.2, 0) is 64.0 Å². The summed E-state index contributed by atoms with van der Waals surface area (Å²) in [5.74, 6) is -1.71. The molecule has 0 aliphatic carbocycles. The van der Waals surface area contributed by atoms with Crippen molar-refractivity contribution in [2.75, 3.05) is 0 Å². The van der Waals surface area contributed by atoms with Gasteiger partial charge in [-0.15, -0.1) is 0 Å². The van der Waals surface area contributed by atoms with Crippen molar-refractivity contribution in [2.24, 2.45) is 0 Å². The van der Waals surface area contributed by atoms with E-state index in [4.69, 9.17) is 10.2 Å². The summed E-state index contributed by atoms with van der Waals surface area (Å²) >= 11 is 0. The number of hydrogen-bond donors (Lipinski definition) is 2. The van der Waals surface area contributed by atoms with Crippen molar-refractivity contribution in [3.05, 3.63) is 28.2 Å². The molecule has 16 heavy (non-hydrogen) atoms. The van der Waals surface area contributed by atoms with E-state index in [1.165, 1.54) is 0 Å². The molecule has 0 aliphatic heterocycles. The van der Waals surface area contributed by atoms with Gasteiger partial charge < -0.3 is 38.4 Å². The van der Waals surface area contributed by atoms with Gasteiger partial charge in [0, 0.05) is 32.7 Å². The Hall–Kier alpha value is 0.758. The summed E-state index contributed by atoms with van der Waals surface area (Å²) in [6, 6.07) is 0. The van der Waals surface area contributed by atoms with Crippen molar-refractivity contribution >= 4 is 11.9 Å². The van der Waals surface area contributed by atoms with E-state index in [9.17, 15) is 9.59 Å². The van der Waals surface area contributed by atoms with E-state index >= 15 is 0 Å². The van der Waals surface area contributed by atoms with Gasteiger partial charge in [0.15, 0.2) is 0 Å². The Bertz CT molecular complexity index is 107. The van der Waals surface area contributed by atoms with E-state index < -0.39 is 11.9 Å². The normalized spacial score (nSPS) is 5.00. The van der Waals surface area contributed by atoms with Crippen LogP contribution in [0.25, 0.3) is 0 Å². The Balaban J connectivity index is -0.0000000144. The molecule has 0 aliphatic rings. The predicted octanol–water partition coefficient (Wildman–Crippen LogP) is 2.51. The van der Waals surface area contributed by atoms with E-state index in [1.54, 1.807) is 6.92 Å². The molecule has 0 aromatic carbocycles. The van der Waals surface area contributed by atoms with Crippen molar-refractivity contribution < 1.29 is 74.2 Å². The van der Waals surface area contributed by atoms with Crippen LogP contribution in [-0.4, -0.2) is 22.2 Å². The first-order valence-corrected chi connectivity index (χ1v) is 3.27. The number of carbonyl (C=O) groups is 2. The number of carboxylic acid groups (broad SMARTS) is 2. The average Bonchev–Trinajstić information content (AvgIpc) is 2.09. The van der Waals surface area contributed by atoms with Crippen LogP contribution in [0.5, 0.6) is 0 Å². The molecule has 0 heterocycles. The first-order chi connectivity index (χ1) is 5.54. The van der Waals surface area contributed by atoms with Gasteiger partial charge in [-0.05, 0) is 0 Å². The Labute approximate surface area is 140 Å². The quantitative estimate of drug-likeness (QED) is 0.597. The van der Waals surface area contributed by atoms with E-state index in [2.05, 4.69) is 20.8 Å². The van der Waals surface area contributed by atoms with Crippen molar-refractivity contribution in [3.63, 3.8) is 0 Å². The first-order valence-electron chi connectivity index (χ1n) is 3.27. The maximum absolute atomic E-state index is 9.31. The van der Waals surface area contributed by atoms with Crippen LogP contribution in [0.2, 0.25) is 0 Å². The molecule has 94 valence electrons. The summed E-state index contributed by atoms with van der Waals surface area (Å²) in [4.78, 5) is 18.6. The molecular formula is C10H22O4TiY-. The average molecular weight is 343 g/mol. The summed E-state index contributed by atoms with van der Waals surface area (Å²) in [6.45, 7) is 11.2. The standard InChI is InChI=1S/2C3H5O2.C2H5.CH4.CH3.Ti.Y/c2*1-2-3(4)5;1-2;;;;/h2*1-2H2,(H,4,5);1H2,2H3;1H4;1H3;;/q3*-1;;-1;+3;. The minimum absolute atomic E-state index is 0. The molecule has 0 spiro atoms. The third-order valence-electron chi connectivity index (χ3n) is 0.428. The van der Waals surface area contributed by atoms with E-state index in [-0.39, 0.29) is 82.1 Å². The molecule has 0 atom stereocenters. The van der Waals surface area contributed by atoms with Crippen LogP contribution in [0.15, 0.2) is 0 Å². The molecule has 2 N–H and O–H groups in total. The molecule has 0 unspecified atom stereocenters. The van der Waals surface area contributed by atoms with Gasteiger partial charge in [0.1, 0.15) is 0 Å². The molecule has 0 bridgehead atoms. The predicted molar refractivity (Wildman–Crippen MR) is 59.4 cm³/mol. The minimum atomic E-state index is -0.856. The molecule has 0 fully saturated rings. The zero-order chi connectivity index (χ0) is 10.6. The van der Waals surface area contributed by atoms with Crippen molar-refractivity contribution in [1.29, 1.82) is 0 Å². The van der Waals surface area contributed by atoms with Crippen LogP contribution in [0.3, 0.4) is 0 Å². The zero-order valence-corrected chi connectivity index (χ0v) is 13.7. The van der Waals surface area contributed by atoms with Crippen molar-refractivity contribution in [1.82, 2.24) is 0 Å². The summed E-state index contributed by atoms with van der Waals surface area (Å²) in [5.41, 5.74) is 0. The third kappa shape index (κ3) is 123. The van der Waals surface area contributed by atoms with E-state index in [0.717, 1.165) is 0 Å². The summed E-state index contributed by atoms with van der Waals surface area (Å²) in [5, 5.41) is 15.3. The minimum Gasteiger partial charge on any atom is -0.483 e. The maximum Gasteiger partial charge on any atom is 3.00 e. The van der Waals surface area contributed by atoms with Crippen LogP contribution in [0, 0.1) is 28.2 Å². The molecule has 0 saturated carbocycles. The Kier molecular flexibility index (Phi) is 122. The summed E-state index contributed by atoms with van der Waals surface area (Å²) in [6.07, 6.45) is -0.0556. The van der Waals surface area contributed by atoms with E-state index in [0.29, 0.717) is 0 Å². The fourth-order valence-corrected chi connectivity index (χ4v) is 0. The molecule has 0 aromatic rings. The molecule has 2 radical (unpaired) electrons. The summed E-state index contributed by atoms with van der Waals surface area (Å²) < 4.78 is 0. The summed E-state index contributed by atoms with van der Waals surface area (Å²) in [7, 11) is 0. The van der Waals surface area contributed by atoms with Gasteiger partial charge in [0.25, 0.3) is 11.9 Å². The number of hydrogen-bond acceptors (Lipinski definition) is 2. The van der Waals surface area contributed by atoms with Crippen LogP contribution < -0.4 is 0 Å². The molecule has 6 heteroatoms. The zero-order valence-electron chi connectivity index (χ0n) is 9.32. The van der Waals surface area contributed by atoms with Gasteiger partial charge in [-0.1, -0.05) is 20.3 Å². The first kappa shape index (κ1) is 43.7. The van der Waals surface area contributed by atoms with E-state index in [1.807, 2.05) is 0 Å². The molecule has 0 aromatic heterocycles. The topological polar surface area (TPSA) is 74.6 Å². The molecule has 0 saturated heterocycles. The van der Waals surface area contributed by atoms with Crippen LogP contribution in [0.4, 0.5) is 0 Å². The number of aliphatic carboxylic acids is 2. The molecular weight excluding hydrogens is 321 g/mol. The van der Waals surface area contributed by atoms with Gasteiger partial charge in [-0.25, -0.2) is 0 Å². The van der Waals surface area contributed by atoms with Crippen LogP contribution in [0.1, 0.15) is 27.2 Å². The van der Waals surface area contributed by atoms with Crippen LogP contribution >= 0.6 is 0 Å². The largest absolute Gasteiger partial charge is 3.00 e. The fourth-order valence-electron chi connectivity index (χ4n) is 0. The SMILES string of the molecule is C.[CH2-]C.[CH2-]CC(=O)O.[CH2-]CC(=O)O.[CH3-].[Ti+3].[Y]. The molecule has 0 rings (SSSR count). The van der Waals surface area contributed by atoms with Gasteiger partial charge >= 0.3 is 21.7 Å². The van der Waals surface area contributed by atoms with Gasteiger partial charge in [-0.3, -0.25) is 9.59 Å². The maximum atomic E-state index is 9.31. The number of carboxylic acids is 2. The second-order valence-corrected chi connectivity index (χ2v) is 1.29. The fraction of sp³-hybridized carbons (Fsp3) is 0.400. The Morgan fingerprint density at radius 3 is 1.06 bits per heavy atom. The molecule has 4 nitrogen and oxygen atoms in total. The smallest absolute Gasteiger partial charge is 0.483 e. The number of rotatable bonds is 2. The Morgan fingerprint density at radius 1 is 1.00 bits per heavy atom. The van der Waals surface area contributed by atoms with Crippen molar-refractivity contribution in [3.8, 4) is 0 Å². The third-order valence-corrected chi connectivity index (χ3v) is 0.428.